The first kappa shape index (κ1) is 26.6. The zero-order valence-electron chi connectivity index (χ0n) is 21.2. The van der Waals surface area contributed by atoms with Gasteiger partial charge in [-0.2, -0.15) is 5.10 Å². The summed E-state index contributed by atoms with van der Waals surface area (Å²) >= 11 is 13.0. The van der Waals surface area contributed by atoms with Crippen molar-refractivity contribution in [2.45, 2.75) is 40.2 Å². The van der Waals surface area contributed by atoms with Crippen LogP contribution in [0.1, 0.15) is 48.1 Å². The first-order chi connectivity index (χ1) is 17.4. The van der Waals surface area contributed by atoms with Gasteiger partial charge in [0.05, 0.1) is 16.9 Å². The SMILES string of the molecule is C=C(/C=C\C(Cl)=C/C)c1cc2c(C)c(C(=O)C(C)(C)O)oc2nc1-c1ccc(-c2cn[nH]c2C)cc1Cl. The maximum Gasteiger partial charge on any atom is 0.229 e. The van der Waals surface area contributed by atoms with E-state index in [9.17, 15) is 9.90 Å². The molecule has 3 heterocycles. The smallest absolute Gasteiger partial charge is 0.229 e. The fourth-order valence-electron chi connectivity index (χ4n) is 3.97. The number of benzene rings is 1. The predicted molar refractivity (Wildman–Crippen MR) is 150 cm³/mol. The van der Waals surface area contributed by atoms with Crippen LogP contribution in [-0.2, 0) is 0 Å². The van der Waals surface area contributed by atoms with Crippen molar-refractivity contribution in [2.75, 3.05) is 0 Å². The molecule has 0 amide bonds. The molecule has 0 aliphatic heterocycles. The number of aromatic amines is 1. The Kier molecular flexibility index (Phi) is 7.29. The summed E-state index contributed by atoms with van der Waals surface area (Å²) in [6.45, 7) is 12.6. The standard InChI is InChI=1S/C29H27Cl2N3O3/c1-7-19(30)10-8-15(2)21-13-22-16(3)26(27(35)29(5,6)36)37-28(22)33-25(21)20-11-9-18(12-24(20)31)23-14-32-34-17(23)4/h7-14,36H,2H2,1,3-6H3,(H,32,34)/b10-8-,19-7+. The first-order valence-corrected chi connectivity index (χ1v) is 12.4. The molecule has 0 aliphatic rings. The Bertz CT molecular complexity index is 1600. The van der Waals surface area contributed by atoms with E-state index in [0.717, 1.165) is 16.8 Å². The summed E-state index contributed by atoms with van der Waals surface area (Å²) in [5, 5.41) is 19.0. The lowest BCUT2D eigenvalue weighted by Crippen LogP contribution is -2.31. The van der Waals surface area contributed by atoms with Crippen LogP contribution in [0.5, 0.6) is 0 Å². The lowest BCUT2D eigenvalue weighted by atomic mass is 9.95. The normalized spacial score (nSPS) is 12.6. The fraction of sp³-hybridized carbons (Fsp3) is 0.207. The number of furan rings is 1. The maximum absolute atomic E-state index is 12.8. The Hall–Kier alpha value is -3.45. The molecule has 0 atom stereocenters. The molecule has 3 aromatic heterocycles. The number of carbonyl (C=O) groups is 1. The quantitative estimate of drug-likeness (QED) is 0.186. The van der Waals surface area contributed by atoms with E-state index < -0.39 is 11.4 Å². The summed E-state index contributed by atoms with van der Waals surface area (Å²) in [6, 6.07) is 7.56. The van der Waals surface area contributed by atoms with E-state index in [4.69, 9.17) is 32.6 Å². The zero-order chi connectivity index (χ0) is 27.1. The molecule has 0 aliphatic carbocycles. The summed E-state index contributed by atoms with van der Waals surface area (Å²) in [5.41, 5.74) is 4.59. The molecular weight excluding hydrogens is 509 g/mol. The molecule has 0 fully saturated rings. The van der Waals surface area contributed by atoms with Gasteiger partial charge in [-0.1, -0.05) is 54.1 Å². The van der Waals surface area contributed by atoms with Crippen LogP contribution in [0.3, 0.4) is 0 Å². The molecule has 4 rings (SSSR count). The molecule has 2 N–H and O–H groups in total. The van der Waals surface area contributed by atoms with Gasteiger partial charge in [-0.05, 0) is 64.0 Å². The van der Waals surface area contributed by atoms with E-state index in [0.29, 0.717) is 43.4 Å². The average molecular weight is 536 g/mol. The molecule has 0 spiro atoms. The first-order valence-electron chi connectivity index (χ1n) is 11.6. The summed E-state index contributed by atoms with van der Waals surface area (Å²) < 4.78 is 5.88. The van der Waals surface area contributed by atoms with E-state index in [1.54, 1.807) is 31.3 Å². The zero-order valence-corrected chi connectivity index (χ0v) is 22.8. The van der Waals surface area contributed by atoms with Crippen LogP contribution in [0.2, 0.25) is 5.02 Å². The third-order valence-electron chi connectivity index (χ3n) is 6.12. The van der Waals surface area contributed by atoms with Gasteiger partial charge in [0.2, 0.25) is 11.5 Å². The number of H-pyrrole nitrogens is 1. The maximum atomic E-state index is 12.8. The molecule has 8 heteroatoms. The number of aromatic nitrogens is 3. The van der Waals surface area contributed by atoms with E-state index >= 15 is 0 Å². The van der Waals surface area contributed by atoms with Gasteiger partial charge in [0, 0.05) is 38.4 Å². The topological polar surface area (TPSA) is 92.0 Å². The van der Waals surface area contributed by atoms with Gasteiger partial charge < -0.3 is 9.52 Å². The van der Waals surface area contributed by atoms with Crippen LogP contribution in [0, 0.1) is 13.8 Å². The van der Waals surface area contributed by atoms with Crippen molar-refractivity contribution in [3.63, 3.8) is 0 Å². The Morgan fingerprint density at radius 3 is 2.51 bits per heavy atom. The summed E-state index contributed by atoms with van der Waals surface area (Å²) in [5.74, 6) is -0.462. The van der Waals surface area contributed by atoms with Crippen LogP contribution >= 0.6 is 23.2 Å². The van der Waals surface area contributed by atoms with Crippen LogP contribution in [0.25, 0.3) is 39.1 Å². The summed E-state index contributed by atoms with van der Waals surface area (Å²) in [4.78, 5) is 17.6. The Morgan fingerprint density at radius 2 is 1.92 bits per heavy atom. The van der Waals surface area contributed by atoms with E-state index in [-0.39, 0.29) is 11.5 Å². The molecule has 0 saturated carbocycles. The highest BCUT2D eigenvalue weighted by molar-refractivity contribution is 6.33. The molecular formula is C29H27Cl2N3O3. The number of carbonyl (C=O) groups excluding carboxylic acids is 1. The third kappa shape index (κ3) is 5.18. The minimum absolute atomic E-state index is 0.0630. The second-order valence-electron chi connectivity index (χ2n) is 9.32. The number of hydrogen-bond donors (Lipinski definition) is 2. The van der Waals surface area contributed by atoms with Crippen molar-refractivity contribution in [3.05, 3.63) is 87.9 Å². The van der Waals surface area contributed by atoms with Gasteiger partial charge in [-0.25, -0.2) is 4.98 Å². The van der Waals surface area contributed by atoms with Crippen molar-refractivity contribution >= 4 is 45.7 Å². The number of fused-ring (bicyclic) bond motifs is 1. The van der Waals surface area contributed by atoms with Gasteiger partial charge in [0.1, 0.15) is 5.60 Å². The van der Waals surface area contributed by atoms with Crippen molar-refractivity contribution in [3.8, 4) is 22.4 Å². The van der Waals surface area contributed by atoms with Crippen molar-refractivity contribution in [1.29, 1.82) is 0 Å². The number of halogens is 2. The Labute approximate surface area is 225 Å². The Morgan fingerprint density at radius 1 is 1.19 bits per heavy atom. The van der Waals surface area contributed by atoms with Gasteiger partial charge in [0.25, 0.3) is 0 Å². The molecule has 1 aromatic carbocycles. The summed E-state index contributed by atoms with van der Waals surface area (Å²) in [7, 11) is 0. The number of aliphatic hydroxyl groups is 1. The van der Waals surface area contributed by atoms with Gasteiger partial charge >= 0.3 is 0 Å². The van der Waals surface area contributed by atoms with Crippen LogP contribution in [0.15, 0.2) is 64.7 Å². The molecule has 4 aromatic rings. The molecule has 37 heavy (non-hydrogen) atoms. The molecule has 0 saturated heterocycles. The monoisotopic (exact) mass is 535 g/mol. The molecule has 0 bridgehead atoms. The number of aryl methyl sites for hydroxylation is 2. The lowest BCUT2D eigenvalue weighted by Gasteiger charge is -2.13. The van der Waals surface area contributed by atoms with Crippen LogP contribution in [-0.4, -0.2) is 31.7 Å². The van der Waals surface area contributed by atoms with Gasteiger partial charge in [-0.3, -0.25) is 9.89 Å². The number of nitrogens with one attached hydrogen (secondary N) is 1. The van der Waals surface area contributed by atoms with E-state index in [1.165, 1.54) is 13.8 Å². The van der Waals surface area contributed by atoms with Gasteiger partial charge in [-0.15, -0.1) is 0 Å². The highest BCUT2D eigenvalue weighted by atomic mass is 35.5. The number of pyridine rings is 1. The number of allylic oxidation sites excluding steroid dienone is 5. The Balaban J connectivity index is 1.94. The largest absolute Gasteiger partial charge is 0.434 e. The third-order valence-corrected chi connectivity index (χ3v) is 6.78. The minimum atomic E-state index is -1.59. The van der Waals surface area contributed by atoms with Crippen molar-refractivity contribution in [1.82, 2.24) is 15.2 Å². The highest BCUT2D eigenvalue weighted by Crippen LogP contribution is 2.39. The number of ketones is 1. The second-order valence-corrected chi connectivity index (χ2v) is 10.2. The second kappa shape index (κ2) is 10.1. The molecule has 190 valence electrons. The number of hydrogen-bond acceptors (Lipinski definition) is 5. The van der Waals surface area contributed by atoms with Crippen molar-refractivity contribution in [2.24, 2.45) is 0 Å². The van der Waals surface area contributed by atoms with Gasteiger partial charge in [0.15, 0.2) is 5.76 Å². The fourth-order valence-corrected chi connectivity index (χ4v) is 4.30. The average Bonchev–Trinajstić information content (AvgIpc) is 3.42. The predicted octanol–water partition coefficient (Wildman–Crippen LogP) is 7.82. The number of rotatable bonds is 7. The minimum Gasteiger partial charge on any atom is -0.434 e. The number of Topliss-reactive ketones (excluding diaryl/α,β-unsaturated/α-hetero) is 1. The van der Waals surface area contributed by atoms with E-state index in [1.807, 2.05) is 38.1 Å². The van der Waals surface area contributed by atoms with Crippen LogP contribution < -0.4 is 0 Å². The highest BCUT2D eigenvalue weighted by Gasteiger charge is 2.31. The summed E-state index contributed by atoms with van der Waals surface area (Å²) in [6.07, 6.45) is 7.07. The van der Waals surface area contributed by atoms with Crippen LogP contribution in [0.4, 0.5) is 0 Å². The molecule has 6 nitrogen and oxygen atoms in total. The lowest BCUT2D eigenvalue weighted by molar-refractivity contribution is 0.0460. The number of nitrogens with zero attached hydrogens (tertiary/aromatic N) is 2. The van der Waals surface area contributed by atoms with Crippen molar-refractivity contribution < 1.29 is 14.3 Å². The van der Waals surface area contributed by atoms with E-state index in [2.05, 4.69) is 16.8 Å². The molecule has 0 unspecified atom stereocenters. The molecule has 0 radical (unpaired) electrons.